The first-order valence-corrected chi connectivity index (χ1v) is 20.3. The van der Waals surface area contributed by atoms with Crippen LogP contribution in [-0.4, -0.2) is 13.2 Å². The van der Waals surface area contributed by atoms with E-state index in [1.54, 1.807) is 60.7 Å². The highest BCUT2D eigenvalue weighted by atomic mass is 16.5. The normalized spacial score (nSPS) is 10.8. The second-order valence-electron chi connectivity index (χ2n) is 14.3. The second-order valence-corrected chi connectivity index (χ2v) is 14.3. The fraction of sp³-hybridized carbons (Fsp3) is 0.0769. The van der Waals surface area contributed by atoms with Crippen LogP contribution < -0.4 is 56.1 Å². The maximum absolute atomic E-state index is 6.90. The summed E-state index contributed by atoms with van der Waals surface area (Å²) in [7, 11) is 0. The quantitative estimate of drug-likeness (QED) is 0.0683. The van der Waals surface area contributed by atoms with Crippen LogP contribution in [0.25, 0.3) is 22.3 Å². The van der Waals surface area contributed by atoms with E-state index in [0.29, 0.717) is 105 Å². The van der Waals surface area contributed by atoms with Crippen LogP contribution in [-0.2, 0) is 0 Å². The van der Waals surface area contributed by atoms with Crippen LogP contribution in [0.3, 0.4) is 0 Å². The zero-order chi connectivity index (χ0) is 43.7. The van der Waals surface area contributed by atoms with Crippen LogP contribution in [0, 0.1) is 0 Å². The summed E-state index contributed by atoms with van der Waals surface area (Å²) in [6.45, 7) is 4.74. The Morgan fingerprint density at radius 2 is 0.603 bits per heavy atom. The molecule has 0 aliphatic heterocycles. The molecule has 0 saturated carbocycles. The molecule has 0 radical (unpaired) electrons. The lowest BCUT2D eigenvalue weighted by molar-refractivity contribution is 0.340. The van der Waals surface area contributed by atoms with E-state index in [0.717, 1.165) is 22.3 Å². The monoisotopic (exact) mass is 838 g/mol. The van der Waals surface area contributed by atoms with Gasteiger partial charge in [-0.25, -0.2) is 0 Å². The molecule has 63 heavy (non-hydrogen) atoms. The number of ether oxygens (including phenoxy) is 7. The number of rotatable bonds is 16. The van der Waals surface area contributed by atoms with Crippen molar-refractivity contribution in [3.8, 4) is 91.2 Å². The molecule has 0 aliphatic rings. The predicted octanol–water partition coefficient (Wildman–Crippen LogP) is 13.1. The molecule has 0 saturated heterocycles. The minimum absolute atomic E-state index is 0.467. The highest BCUT2D eigenvalue weighted by Crippen LogP contribution is 2.44. The molecule has 11 heteroatoms. The minimum Gasteiger partial charge on any atom is -0.492 e. The third-order valence-electron chi connectivity index (χ3n) is 9.73. The van der Waals surface area contributed by atoms with Crippen molar-refractivity contribution in [1.29, 1.82) is 0 Å². The van der Waals surface area contributed by atoms with E-state index in [2.05, 4.69) is 0 Å². The fourth-order valence-corrected chi connectivity index (χ4v) is 6.63. The largest absolute Gasteiger partial charge is 0.492 e. The number of hydrogen-bond acceptors (Lipinski definition) is 11. The number of benzene rings is 8. The number of nitrogens with two attached hydrogens (primary N) is 4. The van der Waals surface area contributed by atoms with Gasteiger partial charge in [0.2, 0.25) is 0 Å². The molecule has 0 atom stereocenters. The van der Waals surface area contributed by atoms with Gasteiger partial charge >= 0.3 is 0 Å². The Morgan fingerprint density at radius 3 is 0.968 bits per heavy atom. The van der Waals surface area contributed by atoms with Crippen LogP contribution in [0.1, 0.15) is 13.8 Å². The van der Waals surface area contributed by atoms with E-state index >= 15 is 0 Å². The zero-order valence-corrected chi connectivity index (χ0v) is 34.7. The van der Waals surface area contributed by atoms with Crippen LogP contribution in [0.2, 0.25) is 0 Å². The summed E-state index contributed by atoms with van der Waals surface area (Å²) in [6, 6.07) is 52.0. The third kappa shape index (κ3) is 10.3. The lowest BCUT2D eigenvalue weighted by atomic mass is 10.0. The molecule has 0 heterocycles. The highest BCUT2D eigenvalue weighted by Gasteiger charge is 2.17. The van der Waals surface area contributed by atoms with Gasteiger partial charge in [0, 0.05) is 34.6 Å². The Labute approximate surface area is 365 Å². The molecule has 8 N–H and O–H groups in total. The van der Waals surface area contributed by atoms with E-state index in [4.69, 9.17) is 56.1 Å². The van der Waals surface area contributed by atoms with E-state index in [1.807, 2.05) is 123 Å². The van der Waals surface area contributed by atoms with Crippen LogP contribution in [0.15, 0.2) is 170 Å². The first-order valence-electron chi connectivity index (χ1n) is 20.3. The Bertz CT molecular complexity index is 2620. The number of nitrogen functional groups attached to an aromatic ring is 4. The van der Waals surface area contributed by atoms with Crippen molar-refractivity contribution in [3.05, 3.63) is 170 Å². The average Bonchev–Trinajstić information content (AvgIpc) is 3.29. The van der Waals surface area contributed by atoms with Crippen molar-refractivity contribution in [3.63, 3.8) is 0 Å². The minimum atomic E-state index is 0.467. The summed E-state index contributed by atoms with van der Waals surface area (Å²) >= 11 is 0. The lowest BCUT2D eigenvalue weighted by Gasteiger charge is -2.18. The fourth-order valence-electron chi connectivity index (χ4n) is 6.63. The van der Waals surface area contributed by atoms with Gasteiger partial charge in [0.05, 0.1) is 24.6 Å². The summed E-state index contributed by atoms with van der Waals surface area (Å²) in [5, 5.41) is 0. The maximum atomic E-state index is 6.90. The first kappa shape index (κ1) is 41.3. The molecule has 8 aromatic carbocycles. The molecule has 0 amide bonds. The van der Waals surface area contributed by atoms with Crippen LogP contribution in [0.4, 0.5) is 22.7 Å². The summed E-state index contributed by atoms with van der Waals surface area (Å²) in [4.78, 5) is 0. The van der Waals surface area contributed by atoms with Crippen LogP contribution in [0.5, 0.6) is 69.0 Å². The van der Waals surface area contributed by atoms with E-state index in [9.17, 15) is 0 Å². The van der Waals surface area contributed by atoms with Crippen molar-refractivity contribution in [2.24, 2.45) is 0 Å². The Kier molecular flexibility index (Phi) is 12.4. The van der Waals surface area contributed by atoms with Crippen molar-refractivity contribution in [2.45, 2.75) is 13.8 Å². The van der Waals surface area contributed by atoms with Gasteiger partial charge in [0.25, 0.3) is 0 Å². The smallest absolute Gasteiger partial charge is 0.145 e. The molecule has 0 fully saturated rings. The van der Waals surface area contributed by atoms with Gasteiger partial charge < -0.3 is 56.1 Å². The van der Waals surface area contributed by atoms with Crippen molar-refractivity contribution >= 4 is 22.7 Å². The molecule has 0 bridgehead atoms. The zero-order valence-electron chi connectivity index (χ0n) is 34.7. The van der Waals surface area contributed by atoms with Gasteiger partial charge in [-0.2, -0.15) is 0 Å². The summed E-state index contributed by atoms with van der Waals surface area (Å²) in [6.07, 6.45) is 0. The van der Waals surface area contributed by atoms with Crippen molar-refractivity contribution in [1.82, 2.24) is 0 Å². The van der Waals surface area contributed by atoms with Gasteiger partial charge in [-0.3, -0.25) is 0 Å². The summed E-state index contributed by atoms with van der Waals surface area (Å²) in [5.74, 6) is 7.14. The summed E-state index contributed by atoms with van der Waals surface area (Å²) < 4.78 is 43.3. The van der Waals surface area contributed by atoms with Gasteiger partial charge in [0.15, 0.2) is 0 Å². The van der Waals surface area contributed by atoms with Crippen molar-refractivity contribution < 1.29 is 33.2 Å². The lowest BCUT2D eigenvalue weighted by Crippen LogP contribution is -1.98. The molecule has 0 aromatic heterocycles. The third-order valence-corrected chi connectivity index (χ3v) is 9.73. The molecule has 316 valence electrons. The van der Waals surface area contributed by atoms with Gasteiger partial charge in [-0.1, -0.05) is 24.3 Å². The molecule has 8 aromatic rings. The molecular formula is C52H46N4O7. The molecule has 0 aliphatic carbocycles. The molecule has 8 rings (SSSR count). The molecule has 0 spiro atoms. The SMILES string of the molecule is CCOc1cc(Oc2ccc(Oc3ccc(Oc4ccc(N)c(OCC)c4)cc3-c3ccc(Oc4ccc(N)cc4)cc3)c(-c3ccc(Oc4ccc(N)cc4)cc3)c2)ccc1N. The van der Waals surface area contributed by atoms with E-state index in [1.165, 1.54) is 0 Å². The Balaban J connectivity index is 1.16. The van der Waals surface area contributed by atoms with E-state index < -0.39 is 0 Å². The van der Waals surface area contributed by atoms with E-state index in [-0.39, 0.29) is 0 Å². The first-order chi connectivity index (χ1) is 30.7. The topological polar surface area (TPSA) is 169 Å². The molecule has 0 unspecified atom stereocenters. The standard InChI is InChI=1S/C52H46N4O7/c1-3-57-51-31-43(21-25-47(51)55)61-41-23-27-49(45(29-41)33-5-13-37(14-6-33)59-39-17-9-35(53)10-18-39)63-50-28-24-42(62-44-22-26-48(56)52(32-44)58-4-2)30-46(50)34-7-15-38(16-8-34)60-40-19-11-36(54)12-20-40/h5-32H,3-4,53-56H2,1-2H3. The molecule has 11 nitrogen and oxygen atoms in total. The van der Waals surface area contributed by atoms with Crippen LogP contribution >= 0.6 is 0 Å². The average molecular weight is 839 g/mol. The highest BCUT2D eigenvalue weighted by molar-refractivity contribution is 5.77. The second kappa shape index (κ2) is 18.9. The summed E-state index contributed by atoms with van der Waals surface area (Å²) in [5.41, 5.74) is 29.7. The Morgan fingerprint density at radius 1 is 0.302 bits per heavy atom. The Hall–Kier alpha value is -8.44. The van der Waals surface area contributed by atoms with Gasteiger partial charge in [-0.05, 0) is 158 Å². The number of anilines is 4. The molecular weight excluding hydrogens is 793 g/mol. The van der Waals surface area contributed by atoms with Gasteiger partial charge in [-0.15, -0.1) is 0 Å². The maximum Gasteiger partial charge on any atom is 0.145 e. The predicted molar refractivity (Wildman–Crippen MR) is 250 cm³/mol. The van der Waals surface area contributed by atoms with Gasteiger partial charge in [0.1, 0.15) is 69.0 Å². The van der Waals surface area contributed by atoms with Crippen molar-refractivity contribution in [2.75, 3.05) is 36.1 Å². The number of hydrogen-bond donors (Lipinski definition) is 4.